The lowest BCUT2D eigenvalue weighted by atomic mass is 10.1. The Kier molecular flexibility index (Phi) is 4.42. The third-order valence-electron chi connectivity index (χ3n) is 3.77. The molecular weight excluding hydrogens is 294 g/mol. The summed E-state index contributed by atoms with van der Waals surface area (Å²) in [6, 6.07) is 1.86. The van der Waals surface area contributed by atoms with Gasteiger partial charge in [0.1, 0.15) is 17.5 Å². The van der Waals surface area contributed by atoms with Crippen LogP contribution in [-0.4, -0.2) is 50.4 Å². The number of nitrogens with two attached hydrogens (primary N) is 1. The number of carbonyl (C=O) groups is 1. The van der Waals surface area contributed by atoms with Gasteiger partial charge in [0, 0.05) is 43.2 Å². The maximum Gasteiger partial charge on any atom is 0.236 e. The quantitative estimate of drug-likeness (QED) is 0.850. The van der Waals surface area contributed by atoms with Crippen LogP contribution in [0.5, 0.6) is 0 Å². The summed E-state index contributed by atoms with van der Waals surface area (Å²) in [6.07, 6.45) is 5.71. The molecule has 2 aromatic rings. The summed E-state index contributed by atoms with van der Waals surface area (Å²) in [6.45, 7) is 3.28. The van der Waals surface area contributed by atoms with Crippen LogP contribution in [0.4, 0.5) is 11.6 Å². The van der Waals surface area contributed by atoms with Crippen LogP contribution in [0, 0.1) is 6.92 Å². The Labute approximate surface area is 134 Å². The number of hydrogen-bond acceptors (Lipinski definition) is 7. The van der Waals surface area contributed by atoms with E-state index in [1.807, 2.05) is 13.0 Å². The lowest BCUT2D eigenvalue weighted by Gasteiger charge is -2.15. The van der Waals surface area contributed by atoms with Gasteiger partial charge >= 0.3 is 0 Å². The van der Waals surface area contributed by atoms with Crippen molar-refractivity contribution in [3.8, 4) is 0 Å². The van der Waals surface area contributed by atoms with Crippen molar-refractivity contribution in [1.29, 1.82) is 0 Å². The van der Waals surface area contributed by atoms with Crippen LogP contribution in [0.1, 0.15) is 23.9 Å². The molecule has 0 aromatic carbocycles. The molecule has 0 aliphatic carbocycles. The molecule has 3 N–H and O–H groups in total. The minimum Gasteiger partial charge on any atom is -0.341 e. The maximum absolute atomic E-state index is 11.7. The van der Waals surface area contributed by atoms with E-state index in [0.717, 1.165) is 17.9 Å². The summed E-state index contributed by atoms with van der Waals surface area (Å²) in [5.74, 6) is 2.15. The van der Waals surface area contributed by atoms with Gasteiger partial charge in [0.05, 0.1) is 12.7 Å². The normalized spacial score (nSPS) is 17.3. The topological polar surface area (TPSA) is 110 Å². The fourth-order valence-electron chi connectivity index (χ4n) is 2.66. The van der Waals surface area contributed by atoms with Gasteiger partial charge < -0.3 is 16.0 Å². The van der Waals surface area contributed by atoms with E-state index in [0.29, 0.717) is 24.7 Å². The second-order valence-corrected chi connectivity index (χ2v) is 5.50. The molecule has 3 heterocycles. The minimum atomic E-state index is -0.0296. The van der Waals surface area contributed by atoms with Crippen molar-refractivity contribution in [3.05, 3.63) is 36.2 Å². The number of nitrogens with zero attached hydrogens (tertiary/aromatic N) is 5. The largest absolute Gasteiger partial charge is 0.341 e. The van der Waals surface area contributed by atoms with Crippen molar-refractivity contribution < 1.29 is 4.79 Å². The summed E-state index contributed by atoms with van der Waals surface area (Å²) in [5, 5.41) is 3.13. The van der Waals surface area contributed by atoms with Crippen LogP contribution in [-0.2, 0) is 4.79 Å². The summed E-state index contributed by atoms with van der Waals surface area (Å²) in [5.41, 5.74) is 6.29. The Morgan fingerprint density at radius 1 is 1.39 bits per heavy atom. The van der Waals surface area contributed by atoms with Crippen molar-refractivity contribution >= 4 is 17.5 Å². The molecule has 1 atom stereocenters. The zero-order valence-electron chi connectivity index (χ0n) is 12.9. The molecule has 1 fully saturated rings. The van der Waals surface area contributed by atoms with Gasteiger partial charge in [-0.2, -0.15) is 0 Å². The van der Waals surface area contributed by atoms with E-state index < -0.39 is 0 Å². The molecule has 3 rings (SSSR count). The minimum absolute atomic E-state index is 0.0296. The van der Waals surface area contributed by atoms with Gasteiger partial charge in [-0.15, -0.1) is 0 Å². The average Bonchev–Trinajstić information content (AvgIpc) is 3.04. The predicted octanol–water partition coefficient (Wildman–Crippen LogP) is 0.593. The first-order valence-corrected chi connectivity index (χ1v) is 7.52. The van der Waals surface area contributed by atoms with Crippen LogP contribution < -0.4 is 11.1 Å². The molecule has 0 saturated carbocycles. The molecule has 120 valence electrons. The van der Waals surface area contributed by atoms with Gasteiger partial charge in [-0.25, -0.2) is 15.0 Å². The highest BCUT2D eigenvalue weighted by molar-refractivity contribution is 5.78. The highest BCUT2D eigenvalue weighted by Crippen LogP contribution is 2.26. The number of amides is 1. The average molecular weight is 313 g/mol. The molecule has 1 aliphatic rings. The Hall–Kier alpha value is -2.61. The van der Waals surface area contributed by atoms with Gasteiger partial charge in [-0.05, 0) is 13.3 Å². The Bertz CT molecular complexity index is 691. The summed E-state index contributed by atoms with van der Waals surface area (Å²) in [4.78, 5) is 30.8. The van der Waals surface area contributed by atoms with Gasteiger partial charge in [0.25, 0.3) is 0 Å². The third kappa shape index (κ3) is 3.59. The number of nitrogens with one attached hydrogen (secondary N) is 1. The molecular formula is C15H19N7O. The van der Waals surface area contributed by atoms with Crippen molar-refractivity contribution in [2.45, 2.75) is 19.3 Å². The molecule has 8 nitrogen and oxygen atoms in total. The van der Waals surface area contributed by atoms with Crippen LogP contribution >= 0.6 is 0 Å². The fraction of sp³-hybridized carbons (Fsp3) is 0.400. The predicted molar refractivity (Wildman–Crippen MR) is 85.1 cm³/mol. The number of rotatable bonds is 4. The molecule has 0 radical (unpaired) electrons. The molecule has 23 heavy (non-hydrogen) atoms. The van der Waals surface area contributed by atoms with Crippen molar-refractivity contribution in [1.82, 2.24) is 24.8 Å². The van der Waals surface area contributed by atoms with Gasteiger partial charge in [0.2, 0.25) is 5.91 Å². The van der Waals surface area contributed by atoms with E-state index in [9.17, 15) is 4.79 Å². The fourth-order valence-corrected chi connectivity index (χ4v) is 2.66. The standard InChI is InChI=1S/C15H19N7O/c1-10-6-12(20-13-8-17-3-4-18-13)21-15(19-10)11-2-5-22(9-11)14(23)7-16/h3-4,6,8,11H,2,5,7,9,16H2,1H3,(H,18,19,20,21)/t11-/m0/s1. The lowest BCUT2D eigenvalue weighted by molar-refractivity contribution is -0.128. The second-order valence-electron chi connectivity index (χ2n) is 5.50. The molecule has 2 aromatic heterocycles. The summed E-state index contributed by atoms with van der Waals surface area (Å²) < 4.78 is 0. The number of aryl methyl sites for hydroxylation is 1. The number of carbonyl (C=O) groups excluding carboxylic acids is 1. The highest BCUT2D eigenvalue weighted by Gasteiger charge is 2.28. The van der Waals surface area contributed by atoms with Gasteiger partial charge in [0.15, 0.2) is 0 Å². The molecule has 0 unspecified atom stereocenters. The van der Waals surface area contributed by atoms with Crippen molar-refractivity contribution in [2.24, 2.45) is 5.73 Å². The molecule has 1 aliphatic heterocycles. The van der Waals surface area contributed by atoms with Crippen LogP contribution in [0.3, 0.4) is 0 Å². The van der Waals surface area contributed by atoms with E-state index in [1.165, 1.54) is 0 Å². The zero-order valence-corrected chi connectivity index (χ0v) is 12.9. The Morgan fingerprint density at radius 3 is 3.00 bits per heavy atom. The van der Waals surface area contributed by atoms with Crippen LogP contribution in [0.15, 0.2) is 24.7 Å². The van der Waals surface area contributed by atoms with E-state index in [-0.39, 0.29) is 18.4 Å². The molecule has 0 bridgehead atoms. The first-order valence-electron chi connectivity index (χ1n) is 7.52. The van der Waals surface area contributed by atoms with E-state index in [4.69, 9.17) is 5.73 Å². The van der Waals surface area contributed by atoms with Crippen LogP contribution in [0.2, 0.25) is 0 Å². The lowest BCUT2D eigenvalue weighted by Crippen LogP contribution is -2.34. The molecule has 8 heteroatoms. The van der Waals surface area contributed by atoms with Crippen LogP contribution in [0.25, 0.3) is 0 Å². The van der Waals surface area contributed by atoms with Gasteiger partial charge in [-0.1, -0.05) is 0 Å². The van der Waals surface area contributed by atoms with E-state index in [2.05, 4.69) is 25.3 Å². The third-order valence-corrected chi connectivity index (χ3v) is 3.77. The monoisotopic (exact) mass is 313 g/mol. The first kappa shape index (κ1) is 15.3. The first-order chi connectivity index (χ1) is 11.2. The molecule has 1 saturated heterocycles. The summed E-state index contributed by atoms with van der Waals surface area (Å²) >= 11 is 0. The Balaban J connectivity index is 1.77. The maximum atomic E-state index is 11.7. The van der Waals surface area contributed by atoms with Crippen molar-refractivity contribution in [2.75, 3.05) is 25.0 Å². The van der Waals surface area contributed by atoms with E-state index >= 15 is 0 Å². The number of likely N-dealkylation sites (tertiary alicyclic amines) is 1. The van der Waals surface area contributed by atoms with E-state index in [1.54, 1.807) is 23.5 Å². The number of anilines is 2. The van der Waals surface area contributed by atoms with Gasteiger partial charge in [-0.3, -0.25) is 9.78 Å². The summed E-state index contributed by atoms with van der Waals surface area (Å²) in [7, 11) is 0. The highest BCUT2D eigenvalue weighted by atomic mass is 16.2. The van der Waals surface area contributed by atoms with Crippen molar-refractivity contribution in [3.63, 3.8) is 0 Å². The number of hydrogen-bond donors (Lipinski definition) is 2. The number of aromatic nitrogens is 4. The Morgan fingerprint density at radius 2 is 2.26 bits per heavy atom. The smallest absolute Gasteiger partial charge is 0.236 e. The SMILES string of the molecule is Cc1cc(Nc2cnccn2)nc([C@H]2CCN(C(=O)CN)C2)n1. The molecule has 0 spiro atoms. The zero-order chi connectivity index (χ0) is 16.2. The second kappa shape index (κ2) is 6.66. The molecule has 1 amide bonds.